The van der Waals surface area contributed by atoms with Crippen molar-refractivity contribution in [2.45, 2.75) is 24.3 Å². The van der Waals surface area contributed by atoms with Gasteiger partial charge < -0.3 is 10.2 Å². The maximum Gasteiger partial charge on any atom is 0.337 e. The minimum Gasteiger partial charge on any atom is -0.479 e. The molecule has 0 spiro atoms. The Morgan fingerprint density at radius 2 is 2.00 bits per heavy atom. The van der Waals surface area contributed by atoms with E-state index in [-0.39, 0.29) is 17.2 Å². The number of Topliss-reactive ketones (excluding diaryl/α,β-unsaturated/α-hetero) is 1. The molecule has 2 N–H and O–H groups in total. The molecule has 0 amide bonds. The first-order valence-corrected chi connectivity index (χ1v) is 6.09. The SMILES string of the molecule is CC(=O)C(Cl)c1cc(C(O)C(=O)O)ccc1CCl. The van der Waals surface area contributed by atoms with Crippen molar-refractivity contribution in [2.24, 2.45) is 0 Å². The molecule has 0 aliphatic carbocycles. The van der Waals surface area contributed by atoms with Crippen LogP contribution in [-0.2, 0) is 15.5 Å². The average molecular weight is 291 g/mol. The number of aliphatic hydroxyl groups excluding tert-OH is 1. The van der Waals surface area contributed by atoms with Gasteiger partial charge in [0, 0.05) is 5.88 Å². The van der Waals surface area contributed by atoms with Crippen LogP contribution in [0.3, 0.4) is 0 Å². The third kappa shape index (κ3) is 3.22. The van der Waals surface area contributed by atoms with Crippen molar-refractivity contribution in [3.05, 3.63) is 34.9 Å². The Morgan fingerprint density at radius 1 is 1.39 bits per heavy atom. The normalized spacial score (nSPS) is 14.0. The first-order chi connectivity index (χ1) is 8.38. The van der Waals surface area contributed by atoms with Crippen LogP contribution >= 0.6 is 23.2 Å². The molecular formula is C12H12Cl2O4. The van der Waals surface area contributed by atoms with E-state index in [9.17, 15) is 14.7 Å². The Labute approximate surface area is 114 Å². The summed E-state index contributed by atoms with van der Waals surface area (Å²) < 4.78 is 0. The molecule has 2 atom stereocenters. The monoisotopic (exact) mass is 290 g/mol. The number of ketones is 1. The first kappa shape index (κ1) is 15.0. The average Bonchev–Trinajstić information content (AvgIpc) is 2.35. The number of hydrogen-bond acceptors (Lipinski definition) is 3. The second-order valence-corrected chi connectivity index (χ2v) is 4.51. The number of carbonyl (C=O) groups excluding carboxylic acids is 1. The standard InChI is InChI=1S/C12H12Cl2O4/c1-6(15)10(14)9-4-7(11(16)12(17)18)2-3-8(9)5-13/h2-4,10-11,16H,5H2,1H3,(H,17,18). The van der Waals surface area contributed by atoms with E-state index in [1.54, 1.807) is 6.07 Å². The molecule has 0 aliphatic heterocycles. The van der Waals surface area contributed by atoms with Gasteiger partial charge in [0.05, 0.1) is 0 Å². The topological polar surface area (TPSA) is 74.6 Å². The zero-order valence-electron chi connectivity index (χ0n) is 9.56. The number of rotatable bonds is 5. The molecule has 0 aliphatic rings. The number of carboxylic acid groups (broad SMARTS) is 1. The number of hydrogen-bond donors (Lipinski definition) is 2. The van der Waals surface area contributed by atoms with E-state index in [4.69, 9.17) is 28.3 Å². The molecule has 1 aromatic carbocycles. The van der Waals surface area contributed by atoms with Crippen molar-refractivity contribution in [3.63, 3.8) is 0 Å². The highest BCUT2D eigenvalue weighted by Crippen LogP contribution is 2.29. The molecule has 0 saturated heterocycles. The minimum absolute atomic E-state index is 0.148. The van der Waals surface area contributed by atoms with Crippen molar-refractivity contribution in [3.8, 4) is 0 Å². The molecule has 0 aromatic heterocycles. The van der Waals surface area contributed by atoms with Gasteiger partial charge in [-0.2, -0.15) is 0 Å². The van der Waals surface area contributed by atoms with Gasteiger partial charge in [0.2, 0.25) is 0 Å². The first-order valence-electron chi connectivity index (χ1n) is 5.12. The number of benzene rings is 1. The summed E-state index contributed by atoms with van der Waals surface area (Å²) in [4.78, 5) is 22.0. The zero-order valence-corrected chi connectivity index (χ0v) is 11.1. The molecule has 98 valence electrons. The molecule has 0 heterocycles. The smallest absolute Gasteiger partial charge is 0.337 e. The van der Waals surface area contributed by atoms with E-state index in [2.05, 4.69) is 0 Å². The van der Waals surface area contributed by atoms with Crippen LogP contribution in [0.15, 0.2) is 18.2 Å². The van der Waals surface area contributed by atoms with Crippen LogP contribution in [0.4, 0.5) is 0 Å². The fourth-order valence-electron chi connectivity index (χ4n) is 1.50. The Hall–Kier alpha value is -1.10. The Morgan fingerprint density at radius 3 is 2.44 bits per heavy atom. The summed E-state index contributed by atoms with van der Waals surface area (Å²) in [5, 5.41) is 17.3. The van der Waals surface area contributed by atoms with E-state index in [1.807, 2.05) is 0 Å². The van der Waals surface area contributed by atoms with Crippen LogP contribution in [0.5, 0.6) is 0 Å². The lowest BCUT2D eigenvalue weighted by molar-refractivity contribution is -0.146. The van der Waals surface area contributed by atoms with Crippen LogP contribution in [0.1, 0.15) is 35.1 Å². The summed E-state index contributed by atoms with van der Waals surface area (Å²) in [6, 6.07) is 4.40. The Kier molecular flexibility index (Phi) is 5.14. The summed E-state index contributed by atoms with van der Waals surface area (Å²) in [5.74, 6) is -1.49. The van der Waals surface area contributed by atoms with Gasteiger partial charge in [0.15, 0.2) is 11.9 Å². The molecule has 6 heteroatoms. The highest BCUT2D eigenvalue weighted by molar-refractivity contribution is 6.31. The minimum atomic E-state index is -1.65. The summed E-state index contributed by atoms with van der Waals surface area (Å²) in [7, 11) is 0. The molecule has 1 rings (SSSR count). The summed E-state index contributed by atoms with van der Waals surface area (Å²) in [6.45, 7) is 1.33. The van der Waals surface area contributed by atoms with Gasteiger partial charge in [-0.1, -0.05) is 18.2 Å². The molecule has 2 unspecified atom stereocenters. The summed E-state index contributed by atoms with van der Waals surface area (Å²) >= 11 is 11.7. The Balaban J connectivity index is 3.25. The Bertz CT molecular complexity index is 473. The second kappa shape index (κ2) is 6.18. The van der Waals surface area contributed by atoms with E-state index in [0.717, 1.165) is 0 Å². The third-order valence-electron chi connectivity index (χ3n) is 2.49. The van der Waals surface area contributed by atoms with Crippen LogP contribution in [0.2, 0.25) is 0 Å². The fourth-order valence-corrected chi connectivity index (χ4v) is 1.95. The lowest BCUT2D eigenvalue weighted by atomic mass is 9.98. The molecule has 0 fully saturated rings. The molecule has 1 aromatic rings. The highest BCUT2D eigenvalue weighted by Gasteiger charge is 2.21. The van der Waals surface area contributed by atoms with E-state index in [0.29, 0.717) is 11.1 Å². The number of alkyl halides is 2. The second-order valence-electron chi connectivity index (χ2n) is 3.81. The molecule has 18 heavy (non-hydrogen) atoms. The lowest BCUT2D eigenvalue weighted by Gasteiger charge is -2.14. The predicted molar refractivity (Wildman–Crippen MR) is 67.9 cm³/mol. The number of halogens is 2. The highest BCUT2D eigenvalue weighted by atomic mass is 35.5. The molecule has 4 nitrogen and oxygen atoms in total. The molecule has 0 saturated carbocycles. The molecule has 0 bridgehead atoms. The molecule has 0 radical (unpaired) electrons. The van der Waals surface area contributed by atoms with Gasteiger partial charge >= 0.3 is 5.97 Å². The quantitative estimate of drug-likeness (QED) is 0.817. The van der Waals surface area contributed by atoms with Crippen molar-refractivity contribution in [1.29, 1.82) is 0 Å². The van der Waals surface area contributed by atoms with Crippen molar-refractivity contribution >= 4 is 35.0 Å². The molecular weight excluding hydrogens is 279 g/mol. The van der Waals surface area contributed by atoms with Gasteiger partial charge in [0.25, 0.3) is 0 Å². The van der Waals surface area contributed by atoms with Crippen LogP contribution in [-0.4, -0.2) is 22.0 Å². The van der Waals surface area contributed by atoms with Gasteiger partial charge in [0.1, 0.15) is 5.38 Å². The van der Waals surface area contributed by atoms with Crippen molar-refractivity contribution in [2.75, 3.05) is 0 Å². The zero-order chi connectivity index (χ0) is 13.9. The number of aliphatic carboxylic acids is 1. The van der Waals surface area contributed by atoms with Crippen LogP contribution in [0.25, 0.3) is 0 Å². The number of aliphatic hydroxyl groups is 1. The predicted octanol–water partition coefficient (Wildman–Crippen LogP) is 2.41. The van der Waals surface area contributed by atoms with Gasteiger partial charge in [-0.15, -0.1) is 23.2 Å². The van der Waals surface area contributed by atoms with Crippen molar-refractivity contribution < 1.29 is 19.8 Å². The third-order valence-corrected chi connectivity index (χ3v) is 3.32. The number of carboxylic acids is 1. The van der Waals surface area contributed by atoms with E-state index >= 15 is 0 Å². The van der Waals surface area contributed by atoms with Gasteiger partial charge in [-0.05, 0) is 23.6 Å². The number of carbonyl (C=O) groups is 2. The van der Waals surface area contributed by atoms with Crippen molar-refractivity contribution in [1.82, 2.24) is 0 Å². The largest absolute Gasteiger partial charge is 0.479 e. The van der Waals surface area contributed by atoms with E-state index in [1.165, 1.54) is 19.1 Å². The van der Waals surface area contributed by atoms with Crippen LogP contribution in [0, 0.1) is 0 Å². The van der Waals surface area contributed by atoms with E-state index < -0.39 is 17.5 Å². The maximum absolute atomic E-state index is 11.3. The van der Waals surface area contributed by atoms with Crippen LogP contribution < -0.4 is 0 Å². The fraction of sp³-hybridized carbons (Fsp3) is 0.333. The van der Waals surface area contributed by atoms with Gasteiger partial charge in [-0.25, -0.2) is 4.79 Å². The maximum atomic E-state index is 11.3. The van der Waals surface area contributed by atoms with Gasteiger partial charge in [-0.3, -0.25) is 4.79 Å². The summed E-state index contributed by atoms with van der Waals surface area (Å²) in [6.07, 6.45) is -1.65. The summed E-state index contributed by atoms with van der Waals surface area (Å²) in [5.41, 5.74) is 1.23. The lowest BCUT2D eigenvalue weighted by Crippen LogP contribution is -2.12.